The quantitative estimate of drug-likeness (QED) is 0.663. The van der Waals surface area contributed by atoms with Crippen molar-refractivity contribution in [1.82, 2.24) is 0 Å². The number of alkyl halides is 4. The van der Waals surface area contributed by atoms with E-state index in [4.69, 9.17) is 0 Å². The molecule has 1 aromatic heterocycles. The van der Waals surface area contributed by atoms with E-state index in [1.807, 2.05) is 17.5 Å². The third-order valence-electron chi connectivity index (χ3n) is 2.30. The van der Waals surface area contributed by atoms with Crippen molar-refractivity contribution in [2.24, 2.45) is 0 Å². The zero-order chi connectivity index (χ0) is 12.5. The fourth-order valence-corrected chi connectivity index (χ4v) is 2.96. The van der Waals surface area contributed by atoms with Gasteiger partial charge in [-0.3, -0.25) is 0 Å². The predicted octanol–water partition coefficient (Wildman–Crippen LogP) is 5.25. The normalized spacial score (nSPS) is 13.6. The Morgan fingerprint density at radius 1 is 1.12 bits per heavy atom. The van der Waals surface area contributed by atoms with Crippen molar-refractivity contribution in [2.75, 3.05) is 0 Å². The first-order valence-corrected chi connectivity index (χ1v) is 6.62. The van der Waals surface area contributed by atoms with Crippen molar-refractivity contribution >= 4 is 27.3 Å². The second-order valence-corrected chi connectivity index (χ2v) is 5.40. The lowest BCUT2D eigenvalue weighted by molar-refractivity contribution is -0.137. The van der Waals surface area contributed by atoms with Crippen molar-refractivity contribution in [1.29, 1.82) is 0 Å². The summed E-state index contributed by atoms with van der Waals surface area (Å²) in [5.74, 6) is 0. The Bertz CT molecular complexity index is 491. The molecule has 1 atom stereocenters. The van der Waals surface area contributed by atoms with E-state index in [0.717, 1.165) is 10.9 Å². The summed E-state index contributed by atoms with van der Waals surface area (Å²) in [6.45, 7) is 0. The summed E-state index contributed by atoms with van der Waals surface area (Å²) in [4.78, 5) is 0.800. The molecule has 0 saturated heterocycles. The van der Waals surface area contributed by atoms with Crippen LogP contribution in [0.15, 0.2) is 41.8 Å². The molecule has 0 aliphatic rings. The van der Waals surface area contributed by atoms with Crippen LogP contribution in [0.4, 0.5) is 13.2 Å². The second kappa shape index (κ2) is 4.82. The van der Waals surface area contributed by atoms with Crippen molar-refractivity contribution < 1.29 is 13.2 Å². The highest BCUT2D eigenvalue weighted by Gasteiger charge is 2.30. The molecule has 1 heterocycles. The van der Waals surface area contributed by atoms with Crippen molar-refractivity contribution in [3.8, 4) is 0 Å². The minimum atomic E-state index is -4.29. The lowest BCUT2D eigenvalue weighted by Gasteiger charge is -2.12. The van der Waals surface area contributed by atoms with E-state index < -0.39 is 11.7 Å². The first kappa shape index (κ1) is 12.6. The molecule has 0 fully saturated rings. The van der Waals surface area contributed by atoms with E-state index in [9.17, 15) is 13.2 Å². The average molecular weight is 321 g/mol. The highest BCUT2D eigenvalue weighted by molar-refractivity contribution is 9.09. The van der Waals surface area contributed by atoms with Crippen LogP contribution in [0.3, 0.4) is 0 Å². The molecule has 0 nitrogen and oxygen atoms in total. The van der Waals surface area contributed by atoms with Crippen molar-refractivity contribution in [2.45, 2.75) is 11.0 Å². The molecule has 0 spiro atoms. The summed E-state index contributed by atoms with van der Waals surface area (Å²) in [6, 6.07) is 9.15. The van der Waals surface area contributed by atoms with E-state index in [1.54, 1.807) is 6.07 Å². The van der Waals surface area contributed by atoms with Crippen LogP contribution >= 0.6 is 27.3 Å². The Labute approximate surface area is 109 Å². The fourth-order valence-electron chi connectivity index (χ4n) is 1.47. The summed E-state index contributed by atoms with van der Waals surface area (Å²) >= 11 is 4.93. The van der Waals surface area contributed by atoms with Gasteiger partial charge in [0, 0.05) is 4.88 Å². The van der Waals surface area contributed by atoms with Crippen molar-refractivity contribution in [3.05, 3.63) is 57.8 Å². The van der Waals surface area contributed by atoms with Gasteiger partial charge in [-0.15, -0.1) is 11.3 Å². The van der Waals surface area contributed by atoms with Gasteiger partial charge in [0.25, 0.3) is 0 Å². The Morgan fingerprint density at radius 3 is 2.47 bits per heavy atom. The number of halogens is 4. The monoisotopic (exact) mass is 320 g/mol. The molecule has 0 radical (unpaired) electrons. The summed E-state index contributed by atoms with van der Waals surface area (Å²) in [5.41, 5.74) is -0.00159. The number of hydrogen-bond donors (Lipinski definition) is 0. The first-order chi connectivity index (χ1) is 7.98. The smallest absolute Gasteiger partial charge is 0.166 e. The zero-order valence-electron chi connectivity index (χ0n) is 8.54. The standard InChI is InChI=1S/C12H8BrF3S/c13-11(10-5-2-6-17-10)8-3-1-4-9(7-8)12(14,15)16/h1-7,11H. The number of thiophene rings is 1. The van der Waals surface area contributed by atoms with Gasteiger partial charge in [0.1, 0.15) is 0 Å². The molecule has 0 amide bonds. The predicted molar refractivity (Wildman–Crippen MR) is 66.5 cm³/mol. The molecule has 2 rings (SSSR count). The minimum Gasteiger partial charge on any atom is -0.166 e. The topological polar surface area (TPSA) is 0 Å². The molecule has 0 bridgehead atoms. The average Bonchev–Trinajstić information content (AvgIpc) is 2.80. The Kier molecular flexibility index (Phi) is 3.58. The van der Waals surface area contributed by atoms with E-state index >= 15 is 0 Å². The van der Waals surface area contributed by atoms with Gasteiger partial charge in [-0.2, -0.15) is 13.2 Å². The van der Waals surface area contributed by atoms with Crippen LogP contribution < -0.4 is 0 Å². The van der Waals surface area contributed by atoms with Crippen LogP contribution in [0.5, 0.6) is 0 Å². The molecule has 1 aromatic carbocycles. The molecular formula is C12H8BrF3S. The maximum Gasteiger partial charge on any atom is 0.416 e. The van der Waals surface area contributed by atoms with E-state index in [1.165, 1.54) is 23.5 Å². The largest absolute Gasteiger partial charge is 0.416 e. The maximum absolute atomic E-state index is 12.6. The number of hydrogen-bond acceptors (Lipinski definition) is 1. The van der Waals surface area contributed by atoms with Gasteiger partial charge in [-0.25, -0.2) is 0 Å². The fraction of sp³-hybridized carbons (Fsp3) is 0.167. The lowest BCUT2D eigenvalue weighted by atomic mass is 10.1. The van der Waals surface area contributed by atoms with Gasteiger partial charge in [-0.1, -0.05) is 40.2 Å². The summed E-state index contributed by atoms with van der Waals surface area (Å²) in [7, 11) is 0. The van der Waals surface area contributed by atoms with Gasteiger partial charge in [0.2, 0.25) is 0 Å². The molecule has 0 saturated carbocycles. The van der Waals surface area contributed by atoms with Crippen LogP contribution in [0.25, 0.3) is 0 Å². The Hall–Kier alpha value is -0.810. The van der Waals surface area contributed by atoms with Gasteiger partial charge in [0.05, 0.1) is 10.4 Å². The van der Waals surface area contributed by atoms with E-state index in [2.05, 4.69) is 15.9 Å². The molecule has 0 aliphatic carbocycles. The zero-order valence-corrected chi connectivity index (χ0v) is 10.9. The summed E-state index contributed by atoms with van der Waals surface area (Å²) < 4.78 is 37.7. The maximum atomic E-state index is 12.6. The lowest BCUT2D eigenvalue weighted by Crippen LogP contribution is -2.05. The van der Waals surface area contributed by atoms with Crippen molar-refractivity contribution in [3.63, 3.8) is 0 Å². The van der Waals surface area contributed by atoms with Crippen LogP contribution in [0.1, 0.15) is 20.8 Å². The molecule has 5 heteroatoms. The molecule has 1 unspecified atom stereocenters. The number of rotatable bonds is 2. The minimum absolute atomic E-state index is 0.190. The highest BCUT2D eigenvalue weighted by atomic mass is 79.9. The van der Waals surface area contributed by atoms with Crippen LogP contribution in [0, 0.1) is 0 Å². The molecular weight excluding hydrogens is 313 g/mol. The number of benzene rings is 1. The van der Waals surface area contributed by atoms with Crippen LogP contribution in [-0.2, 0) is 6.18 Å². The third-order valence-corrected chi connectivity index (χ3v) is 4.56. The van der Waals surface area contributed by atoms with Crippen LogP contribution in [0.2, 0.25) is 0 Å². The molecule has 90 valence electrons. The van der Waals surface area contributed by atoms with Gasteiger partial charge < -0.3 is 0 Å². The third kappa shape index (κ3) is 2.90. The second-order valence-electron chi connectivity index (χ2n) is 3.50. The Morgan fingerprint density at radius 2 is 1.88 bits per heavy atom. The first-order valence-electron chi connectivity index (χ1n) is 4.83. The molecule has 0 aliphatic heterocycles. The van der Waals surface area contributed by atoms with E-state index in [-0.39, 0.29) is 4.83 Å². The van der Waals surface area contributed by atoms with Gasteiger partial charge >= 0.3 is 6.18 Å². The van der Waals surface area contributed by atoms with Gasteiger partial charge in [0.15, 0.2) is 0 Å². The van der Waals surface area contributed by atoms with E-state index in [0.29, 0.717) is 5.56 Å². The molecule has 17 heavy (non-hydrogen) atoms. The summed E-state index contributed by atoms with van der Waals surface area (Å²) in [5, 5.41) is 1.90. The molecule has 0 N–H and O–H groups in total. The molecule has 2 aromatic rings. The Balaban J connectivity index is 2.34. The highest BCUT2D eigenvalue weighted by Crippen LogP contribution is 2.36. The van der Waals surface area contributed by atoms with Gasteiger partial charge in [-0.05, 0) is 23.1 Å². The SMILES string of the molecule is FC(F)(F)c1cccc(C(Br)c2cccs2)c1. The summed E-state index contributed by atoms with van der Waals surface area (Å²) in [6.07, 6.45) is -4.29. The van der Waals surface area contributed by atoms with Crippen LogP contribution in [-0.4, -0.2) is 0 Å².